The van der Waals surface area contributed by atoms with Crippen molar-refractivity contribution in [2.75, 3.05) is 0 Å². The van der Waals surface area contributed by atoms with Gasteiger partial charge < -0.3 is 5.11 Å². The van der Waals surface area contributed by atoms with Crippen molar-refractivity contribution in [2.24, 2.45) is 5.10 Å². The number of aliphatic hydroxyl groups is 1. The molecule has 0 aromatic heterocycles. The first-order valence-electron chi connectivity index (χ1n) is 9.68. The summed E-state index contributed by atoms with van der Waals surface area (Å²) >= 11 is 0. The van der Waals surface area contributed by atoms with Crippen LogP contribution in [0.1, 0.15) is 23.6 Å². The molecule has 0 radical (unpaired) electrons. The van der Waals surface area contributed by atoms with Crippen LogP contribution in [-0.4, -0.2) is 16.7 Å². The maximum atomic E-state index is 12.6. The molecular formula is C26H24N2O2. The van der Waals surface area contributed by atoms with Gasteiger partial charge in [0.25, 0.3) is 5.91 Å². The smallest absolute Gasteiger partial charge is 0.276 e. The summed E-state index contributed by atoms with van der Waals surface area (Å²) in [7, 11) is 0. The van der Waals surface area contributed by atoms with Crippen LogP contribution in [0.4, 0.5) is 0 Å². The normalized spacial score (nSPS) is 13.1. The standard InChI is InChI=1S/C26H24N2O2/c1-26(30,23-15-9-4-10-16-23)25(29)28-27-24(19-17-21-11-5-2-6-12-21)20-18-22-13-7-3-8-14-22/h2-20,30H,1H3,(H,28,29)/b19-17+,20-18+. The van der Waals surface area contributed by atoms with E-state index in [4.69, 9.17) is 0 Å². The molecule has 1 unspecified atom stereocenters. The predicted octanol–water partition coefficient (Wildman–Crippen LogP) is 4.79. The molecular weight excluding hydrogens is 372 g/mol. The number of nitrogens with zero attached hydrogens (tertiary/aromatic N) is 1. The maximum absolute atomic E-state index is 12.6. The molecule has 0 spiro atoms. The highest BCUT2D eigenvalue weighted by molar-refractivity contribution is 6.09. The Bertz CT molecular complexity index is 987. The fourth-order valence-electron chi connectivity index (χ4n) is 2.74. The third-order valence-corrected chi connectivity index (χ3v) is 4.56. The summed E-state index contributed by atoms with van der Waals surface area (Å²) in [6.07, 6.45) is 7.45. The Morgan fingerprint density at radius 2 is 1.23 bits per heavy atom. The first-order valence-corrected chi connectivity index (χ1v) is 9.68. The zero-order chi connectivity index (χ0) is 21.2. The molecule has 1 atom stereocenters. The van der Waals surface area contributed by atoms with Crippen molar-refractivity contribution in [1.29, 1.82) is 0 Å². The Hall–Kier alpha value is -3.76. The molecule has 1 amide bonds. The predicted molar refractivity (Wildman–Crippen MR) is 123 cm³/mol. The largest absolute Gasteiger partial charge is 0.375 e. The molecule has 0 saturated heterocycles. The van der Waals surface area contributed by atoms with Crippen molar-refractivity contribution >= 4 is 23.8 Å². The zero-order valence-electron chi connectivity index (χ0n) is 16.8. The quantitative estimate of drug-likeness (QED) is 0.445. The van der Waals surface area contributed by atoms with Crippen molar-refractivity contribution in [3.05, 3.63) is 120 Å². The van der Waals surface area contributed by atoms with Crippen LogP contribution < -0.4 is 5.43 Å². The van der Waals surface area contributed by atoms with Gasteiger partial charge in [0.15, 0.2) is 5.60 Å². The second-order valence-corrected chi connectivity index (χ2v) is 6.90. The van der Waals surface area contributed by atoms with Crippen LogP contribution in [0.5, 0.6) is 0 Å². The third-order valence-electron chi connectivity index (χ3n) is 4.56. The topological polar surface area (TPSA) is 61.7 Å². The molecule has 2 N–H and O–H groups in total. The summed E-state index contributed by atoms with van der Waals surface area (Å²) < 4.78 is 0. The summed E-state index contributed by atoms with van der Waals surface area (Å²) in [5, 5.41) is 14.9. The van der Waals surface area contributed by atoms with Gasteiger partial charge in [-0.3, -0.25) is 4.79 Å². The average molecular weight is 396 g/mol. The Morgan fingerprint density at radius 3 is 1.70 bits per heavy atom. The SMILES string of the molecule is CC(O)(C(=O)NN=C(/C=C/c1ccccc1)/C=C/c1ccccc1)c1ccccc1. The van der Waals surface area contributed by atoms with Gasteiger partial charge in [-0.1, -0.05) is 103 Å². The van der Waals surface area contributed by atoms with Crippen molar-refractivity contribution in [3.8, 4) is 0 Å². The fraction of sp³-hybridized carbons (Fsp3) is 0.0769. The van der Waals surface area contributed by atoms with Crippen LogP contribution in [0.15, 0.2) is 108 Å². The third kappa shape index (κ3) is 5.87. The molecule has 0 bridgehead atoms. The van der Waals surface area contributed by atoms with E-state index in [1.807, 2.05) is 91.0 Å². The Balaban J connectivity index is 1.81. The van der Waals surface area contributed by atoms with Crippen molar-refractivity contribution in [2.45, 2.75) is 12.5 Å². The van der Waals surface area contributed by atoms with E-state index < -0.39 is 11.5 Å². The zero-order valence-corrected chi connectivity index (χ0v) is 16.8. The van der Waals surface area contributed by atoms with Gasteiger partial charge in [-0.15, -0.1) is 0 Å². The van der Waals surface area contributed by atoms with E-state index in [9.17, 15) is 9.90 Å². The summed E-state index contributed by atoms with van der Waals surface area (Å²) in [5.41, 5.74) is 3.87. The lowest BCUT2D eigenvalue weighted by molar-refractivity contribution is -0.138. The van der Waals surface area contributed by atoms with E-state index in [0.29, 0.717) is 11.3 Å². The average Bonchev–Trinajstić information content (AvgIpc) is 2.80. The summed E-state index contributed by atoms with van der Waals surface area (Å²) in [4.78, 5) is 12.6. The highest BCUT2D eigenvalue weighted by Gasteiger charge is 2.32. The van der Waals surface area contributed by atoms with Gasteiger partial charge in [0, 0.05) is 0 Å². The number of nitrogens with one attached hydrogen (secondary N) is 1. The molecule has 3 aromatic carbocycles. The second-order valence-electron chi connectivity index (χ2n) is 6.90. The van der Waals surface area contributed by atoms with E-state index in [-0.39, 0.29) is 0 Å². The summed E-state index contributed by atoms with van der Waals surface area (Å²) in [6, 6.07) is 28.4. The number of benzene rings is 3. The number of allylic oxidation sites excluding steroid dienone is 2. The lowest BCUT2D eigenvalue weighted by Crippen LogP contribution is -2.40. The molecule has 0 fully saturated rings. The minimum Gasteiger partial charge on any atom is -0.375 e. The molecule has 0 aliphatic rings. The Morgan fingerprint density at radius 1 is 0.800 bits per heavy atom. The maximum Gasteiger partial charge on any atom is 0.276 e. The molecule has 30 heavy (non-hydrogen) atoms. The van der Waals surface area contributed by atoms with Gasteiger partial charge in [-0.25, -0.2) is 5.43 Å². The van der Waals surface area contributed by atoms with E-state index in [1.54, 1.807) is 24.3 Å². The number of hydrogen-bond donors (Lipinski definition) is 2. The molecule has 150 valence electrons. The lowest BCUT2D eigenvalue weighted by Gasteiger charge is -2.21. The Kier molecular flexibility index (Phi) is 7.09. The molecule has 3 aromatic rings. The van der Waals surface area contributed by atoms with Crippen molar-refractivity contribution in [3.63, 3.8) is 0 Å². The summed E-state index contributed by atoms with van der Waals surface area (Å²) in [6.45, 7) is 1.45. The van der Waals surface area contributed by atoms with Gasteiger partial charge in [0.2, 0.25) is 0 Å². The van der Waals surface area contributed by atoms with Gasteiger partial charge >= 0.3 is 0 Å². The van der Waals surface area contributed by atoms with Crippen LogP contribution in [0, 0.1) is 0 Å². The number of hydrogen-bond acceptors (Lipinski definition) is 3. The molecule has 0 heterocycles. The number of carbonyl (C=O) groups excluding carboxylic acids is 1. The molecule has 0 aliphatic heterocycles. The van der Waals surface area contributed by atoms with Gasteiger partial charge in [0.1, 0.15) is 0 Å². The second kappa shape index (κ2) is 10.1. The molecule has 0 aliphatic carbocycles. The molecule has 4 nitrogen and oxygen atoms in total. The van der Waals surface area contributed by atoms with Gasteiger partial charge in [0.05, 0.1) is 5.71 Å². The highest BCUT2D eigenvalue weighted by Crippen LogP contribution is 2.20. The van der Waals surface area contributed by atoms with Gasteiger partial charge in [-0.2, -0.15) is 5.10 Å². The molecule has 3 rings (SSSR count). The van der Waals surface area contributed by atoms with Crippen LogP contribution in [-0.2, 0) is 10.4 Å². The number of hydrazone groups is 1. The van der Waals surface area contributed by atoms with Crippen LogP contribution in [0.25, 0.3) is 12.2 Å². The summed E-state index contributed by atoms with van der Waals surface area (Å²) in [5.74, 6) is -0.604. The Labute approximate surface area is 176 Å². The van der Waals surface area contributed by atoms with Gasteiger partial charge in [-0.05, 0) is 35.8 Å². The first kappa shape index (κ1) is 21.0. The van der Waals surface area contributed by atoms with Crippen molar-refractivity contribution < 1.29 is 9.90 Å². The van der Waals surface area contributed by atoms with E-state index in [1.165, 1.54) is 6.92 Å². The minimum absolute atomic E-state index is 0.499. The first-order chi connectivity index (χ1) is 14.6. The van der Waals surface area contributed by atoms with Crippen LogP contribution in [0.3, 0.4) is 0 Å². The number of amides is 1. The van der Waals surface area contributed by atoms with E-state index >= 15 is 0 Å². The van der Waals surface area contributed by atoms with E-state index in [0.717, 1.165) is 11.1 Å². The highest BCUT2D eigenvalue weighted by atomic mass is 16.3. The lowest BCUT2D eigenvalue weighted by atomic mass is 9.95. The van der Waals surface area contributed by atoms with Crippen LogP contribution in [0.2, 0.25) is 0 Å². The van der Waals surface area contributed by atoms with Crippen molar-refractivity contribution in [1.82, 2.24) is 5.43 Å². The monoisotopic (exact) mass is 396 g/mol. The number of rotatable bonds is 7. The number of carbonyl (C=O) groups is 1. The minimum atomic E-state index is -1.69. The fourth-order valence-corrected chi connectivity index (χ4v) is 2.74. The molecule has 4 heteroatoms. The molecule has 0 saturated carbocycles. The van der Waals surface area contributed by atoms with Crippen LogP contribution >= 0.6 is 0 Å². The van der Waals surface area contributed by atoms with E-state index in [2.05, 4.69) is 10.5 Å².